The Morgan fingerprint density at radius 1 is 0.947 bits per heavy atom. The lowest BCUT2D eigenvalue weighted by molar-refractivity contribution is -0.137. The molecule has 2 aromatic rings. The molecule has 19 heavy (non-hydrogen) atoms. The van der Waals surface area contributed by atoms with E-state index in [9.17, 15) is 13.2 Å². The lowest BCUT2D eigenvalue weighted by atomic mass is 10.0. The second kappa shape index (κ2) is 4.84. The molecule has 100 valence electrons. The summed E-state index contributed by atoms with van der Waals surface area (Å²) in [5, 5.41) is 2.94. The number of hydrogen-bond acceptors (Lipinski definition) is 2. The van der Waals surface area contributed by atoms with Crippen LogP contribution in [0.5, 0.6) is 0 Å². The molecule has 0 saturated heterocycles. The highest BCUT2D eigenvalue weighted by Crippen LogP contribution is 2.32. The smallest absolute Gasteiger partial charge is 0.397 e. The van der Waals surface area contributed by atoms with Gasteiger partial charge in [0.05, 0.1) is 16.9 Å². The zero-order valence-corrected chi connectivity index (χ0v) is 10.3. The molecule has 3 N–H and O–H groups in total. The van der Waals surface area contributed by atoms with Crippen LogP contribution >= 0.6 is 0 Å². The topological polar surface area (TPSA) is 38.0 Å². The Bertz CT molecular complexity index is 574. The van der Waals surface area contributed by atoms with E-state index in [0.717, 1.165) is 23.4 Å². The van der Waals surface area contributed by atoms with Crippen LogP contribution in [0.15, 0.2) is 42.5 Å². The fourth-order valence-corrected chi connectivity index (χ4v) is 1.80. The Hall–Kier alpha value is -2.17. The first kappa shape index (κ1) is 13.3. The van der Waals surface area contributed by atoms with Crippen molar-refractivity contribution in [1.82, 2.24) is 0 Å². The van der Waals surface area contributed by atoms with Crippen molar-refractivity contribution >= 4 is 11.4 Å². The van der Waals surface area contributed by atoms with Gasteiger partial charge in [0.1, 0.15) is 0 Å². The van der Waals surface area contributed by atoms with Gasteiger partial charge in [-0.25, -0.2) is 0 Å². The molecule has 0 aliphatic heterocycles. The molecule has 0 heterocycles. The molecule has 2 rings (SSSR count). The lowest BCUT2D eigenvalue weighted by Gasteiger charge is -2.10. The predicted molar refractivity (Wildman–Crippen MR) is 70.8 cm³/mol. The summed E-state index contributed by atoms with van der Waals surface area (Å²) in [6.07, 6.45) is -4.31. The number of alkyl halides is 3. The number of rotatable bonds is 2. The molecule has 0 bridgehead atoms. The second-order valence-electron chi connectivity index (χ2n) is 4.13. The maximum Gasteiger partial charge on any atom is 0.416 e. The summed E-state index contributed by atoms with van der Waals surface area (Å²) in [4.78, 5) is 0. The standard InChI is InChI=1S/C14H13F3N2/c1-19-13-8-10(4-7-12(13)18)9-2-5-11(6-3-9)14(15,16)17/h2-8,19H,18H2,1H3. The van der Waals surface area contributed by atoms with Crippen LogP contribution in [0.2, 0.25) is 0 Å². The van der Waals surface area contributed by atoms with Crippen molar-refractivity contribution in [1.29, 1.82) is 0 Å². The second-order valence-corrected chi connectivity index (χ2v) is 4.13. The third kappa shape index (κ3) is 2.81. The maximum atomic E-state index is 12.5. The molecule has 0 radical (unpaired) electrons. The number of anilines is 2. The van der Waals surface area contributed by atoms with E-state index in [1.165, 1.54) is 12.1 Å². The third-order valence-corrected chi connectivity index (χ3v) is 2.87. The monoisotopic (exact) mass is 266 g/mol. The molecule has 0 aliphatic rings. The summed E-state index contributed by atoms with van der Waals surface area (Å²) in [5.74, 6) is 0. The van der Waals surface area contributed by atoms with Crippen molar-refractivity contribution in [2.45, 2.75) is 6.18 Å². The van der Waals surface area contributed by atoms with E-state index in [4.69, 9.17) is 5.73 Å². The molecule has 0 spiro atoms. The summed E-state index contributed by atoms with van der Waals surface area (Å²) in [7, 11) is 1.74. The Morgan fingerprint density at radius 2 is 1.53 bits per heavy atom. The van der Waals surface area contributed by atoms with Gasteiger partial charge in [-0.05, 0) is 35.4 Å². The van der Waals surface area contributed by atoms with Crippen LogP contribution in [0.4, 0.5) is 24.5 Å². The van der Waals surface area contributed by atoms with Gasteiger partial charge in [0, 0.05) is 7.05 Å². The molecule has 0 amide bonds. The van der Waals surface area contributed by atoms with Gasteiger partial charge in [0.15, 0.2) is 0 Å². The average molecular weight is 266 g/mol. The van der Waals surface area contributed by atoms with Crippen LogP contribution in [0.3, 0.4) is 0 Å². The minimum absolute atomic E-state index is 0.596. The highest BCUT2D eigenvalue weighted by molar-refractivity contribution is 5.76. The minimum Gasteiger partial charge on any atom is -0.397 e. The first-order valence-electron chi connectivity index (χ1n) is 5.67. The Morgan fingerprint density at radius 3 is 2.05 bits per heavy atom. The molecule has 0 aromatic heterocycles. The van der Waals surface area contributed by atoms with E-state index in [0.29, 0.717) is 11.3 Å². The van der Waals surface area contributed by atoms with Gasteiger partial charge < -0.3 is 11.1 Å². The Kier molecular flexibility index (Phi) is 3.38. The van der Waals surface area contributed by atoms with Crippen molar-refractivity contribution in [3.8, 4) is 11.1 Å². The predicted octanol–water partition coefficient (Wildman–Crippen LogP) is 4.00. The molecular weight excluding hydrogens is 253 g/mol. The fraction of sp³-hybridized carbons (Fsp3) is 0.143. The zero-order chi connectivity index (χ0) is 14.0. The number of halogens is 3. The lowest BCUT2D eigenvalue weighted by Crippen LogP contribution is -2.04. The van der Waals surface area contributed by atoms with Crippen molar-refractivity contribution in [2.24, 2.45) is 0 Å². The number of nitrogens with one attached hydrogen (secondary N) is 1. The van der Waals surface area contributed by atoms with Crippen LogP contribution in [0.25, 0.3) is 11.1 Å². The molecular formula is C14H13F3N2. The van der Waals surface area contributed by atoms with E-state index >= 15 is 0 Å². The highest BCUT2D eigenvalue weighted by atomic mass is 19.4. The molecule has 0 unspecified atom stereocenters. The minimum atomic E-state index is -4.31. The highest BCUT2D eigenvalue weighted by Gasteiger charge is 2.29. The van der Waals surface area contributed by atoms with E-state index in [1.54, 1.807) is 25.2 Å². The molecule has 0 aliphatic carbocycles. The van der Waals surface area contributed by atoms with Crippen LogP contribution in [-0.2, 0) is 6.18 Å². The van der Waals surface area contributed by atoms with Crippen LogP contribution in [-0.4, -0.2) is 7.05 Å². The summed E-state index contributed by atoms with van der Waals surface area (Å²) in [6.45, 7) is 0. The van der Waals surface area contributed by atoms with Crippen molar-refractivity contribution in [2.75, 3.05) is 18.1 Å². The first-order chi connectivity index (χ1) is 8.91. The van der Waals surface area contributed by atoms with E-state index < -0.39 is 11.7 Å². The van der Waals surface area contributed by atoms with Crippen LogP contribution in [0, 0.1) is 0 Å². The number of nitrogens with two attached hydrogens (primary N) is 1. The summed E-state index contributed by atoms with van der Waals surface area (Å²) in [5.41, 5.74) is 7.96. The van der Waals surface area contributed by atoms with Crippen LogP contribution in [0.1, 0.15) is 5.56 Å². The SMILES string of the molecule is CNc1cc(-c2ccc(C(F)(F)F)cc2)ccc1N. The van der Waals surface area contributed by atoms with Gasteiger partial charge in [-0.2, -0.15) is 13.2 Å². The normalized spacial score (nSPS) is 11.4. The van der Waals surface area contributed by atoms with Gasteiger partial charge in [0.25, 0.3) is 0 Å². The molecule has 0 fully saturated rings. The van der Waals surface area contributed by atoms with Gasteiger partial charge in [-0.15, -0.1) is 0 Å². The quantitative estimate of drug-likeness (QED) is 0.806. The summed E-state index contributed by atoms with van der Waals surface area (Å²) in [6, 6.07) is 10.4. The third-order valence-electron chi connectivity index (χ3n) is 2.87. The van der Waals surface area contributed by atoms with Gasteiger partial charge in [0.2, 0.25) is 0 Å². The number of benzene rings is 2. The molecule has 5 heteroatoms. The largest absolute Gasteiger partial charge is 0.416 e. The average Bonchev–Trinajstić information content (AvgIpc) is 2.38. The van der Waals surface area contributed by atoms with Gasteiger partial charge in [-0.3, -0.25) is 0 Å². The molecule has 2 aromatic carbocycles. The zero-order valence-electron chi connectivity index (χ0n) is 10.3. The van der Waals surface area contributed by atoms with Crippen molar-refractivity contribution in [3.05, 3.63) is 48.0 Å². The van der Waals surface area contributed by atoms with Crippen molar-refractivity contribution < 1.29 is 13.2 Å². The van der Waals surface area contributed by atoms with Gasteiger partial charge in [-0.1, -0.05) is 18.2 Å². The summed E-state index contributed by atoms with van der Waals surface area (Å²) >= 11 is 0. The van der Waals surface area contributed by atoms with E-state index in [1.807, 2.05) is 0 Å². The van der Waals surface area contributed by atoms with E-state index in [-0.39, 0.29) is 0 Å². The van der Waals surface area contributed by atoms with Gasteiger partial charge >= 0.3 is 6.18 Å². The summed E-state index contributed by atoms with van der Waals surface area (Å²) < 4.78 is 37.4. The number of hydrogen-bond donors (Lipinski definition) is 2. The van der Waals surface area contributed by atoms with E-state index in [2.05, 4.69) is 5.32 Å². The Balaban J connectivity index is 2.37. The molecule has 0 atom stereocenters. The van der Waals surface area contributed by atoms with Crippen LogP contribution < -0.4 is 11.1 Å². The fourth-order valence-electron chi connectivity index (χ4n) is 1.80. The number of nitrogen functional groups attached to an aromatic ring is 1. The Labute approximate surface area is 109 Å². The first-order valence-corrected chi connectivity index (χ1v) is 5.67. The molecule has 0 saturated carbocycles. The maximum absolute atomic E-state index is 12.5. The molecule has 2 nitrogen and oxygen atoms in total. The van der Waals surface area contributed by atoms with Crippen molar-refractivity contribution in [3.63, 3.8) is 0 Å².